The lowest BCUT2D eigenvalue weighted by atomic mass is 9.79. The molecule has 0 radical (unpaired) electrons. The summed E-state index contributed by atoms with van der Waals surface area (Å²) in [4.78, 5) is 17.7. The third-order valence-corrected chi connectivity index (χ3v) is 4.49. The van der Waals surface area contributed by atoms with Crippen LogP contribution in [-0.2, 0) is 14.3 Å². The minimum absolute atomic E-state index is 0.0344. The second kappa shape index (κ2) is 6.62. The van der Waals surface area contributed by atoms with E-state index < -0.39 is 0 Å². The summed E-state index contributed by atoms with van der Waals surface area (Å²) in [7, 11) is 1.54. The molecule has 2 fully saturated rings. The number of methoxy groups -OCH3 is 1. The van der Waals surface area contributed by atoms with E-state index in [4.69, 9.17) is 14.2 Å². The van der Waals surface area contributed by atoms with Gasteiger partial charge in [0.2, 0.25) is 11.8 Å². The Kier molecular flexibility index (Phi) is 4.59. The SMILES string of the molecule is COCC(=O)N1CC2(C1)OCCC2CCOc1ccccn1. The first-order valence-electron chi connectivity index (χ1n) is 7.68. The lowest BCUT2D eigenvalue weighted by Gasteiger charge is -2.50. The van der Waals surface area contributed by atoms with Crippen LogP contribution in [0.15, 0.2) is 24.4 Å². The molecule has 0 bridgehead atoms. The lowest BCUT2D eigenvalue weighted by Crippen LogP contribution is -2.66. The number of carbonyl (C=O) groups is 1. The topological polar surface area (TPSA) is 60.9 Å². The number of nitrogens with zero attached hydrogens (tertiary/aromatic N) is 2. The zero-order chi connectivity index (χ0) is 15.4. The molecule has 1 aromatic rings. The second-order valence-corrected chi connectivity index (χ2v) is 5.89. The van der Waals surface area contributed by atoms with Crippen molar-refractivity contribution in [3.63, 3.8) is 0 Å². The zero-order valence-electron chi connectivity index (χ0n) is 12.9. The average Bonchev–Trinajstić information content (AvgIpc) is 2.91. The first kappa shape index (κ1) is 15.2. The van der Waals surface area contributed by atoms with E-state index in [9.17, 15) is 4.79 Å². The van der Waals surface area contributed by atoms with Gasteiger partial charge in [-0.05, 0) is 24.8 Å². The fraction of sp³-hybridized carbons (Fsp3) is 0.625. The fourth-order valence-corrected chi connectivity index (χ4v) is 3.27. The monoisotopic (exact) mass is 306 g/mol. The number of pyridine rings is 1. The van der Waals surface area contributed by atoms with E-state index in [0.717, 1.165) is 19.4 Å². The summed E-state index contributed by atoms with van der Waals surface area (Å²) >= 11 is 0. The third-order valence-electron chi connectivity index (χ3n) is 4.49. The van der Waals surface area contributed by atoms with E-state index in [1.807, 2.05) is 18.2 Å². The van der Waals surface area contributed by atoms with Gasteiger partial charge in [-0.3, -0.25) is 4.79 Å². The molecule has 2 aliphatic heterocycles. The van der Waals surface area contributed by atoms with E-state index in [-0.39, 0.29) is 18.1 Å². The number of rotatable bonds is 6. The summed E-state index contributed by atoms with van der Waals surface area (Å²) in [6.45, 7) is 2.87. The van der Waals surface area contributed by atoms with Crippen LogP contribution in [0.2, 0.25) is 0 Å². The molecule has 1 unspecified atom stereocenters. The molecule has 3 rings (SSSR count). The van der Waals surface area contributed by atoms with Crippen LogP contribution in [0.1, 0.15) is 12.8 Å². The molecule has 1 aromatic heterocycles. The van der Waals surface area contributed by atoms with Gasteiger partial charge in [-0.15, -0.1) is 0 Å². The van der Waals surface area contributed by atoms with E-state index in [1.54, 1.807) is 11.1 Å². The molecule has 0 aliphatic carbocycles. The Hall–Kier alpha value is -1.66. The van der Waals surface area contributed by atoms with Gasteiger partial charge in [0.15, 0.2) is 0 Å². The molecule has 1 atom stereocenters. The Bertz CT molecular complexity index is 502. The number of aromatic nitrogens is 1. The van der Waals surface area contributed by atoms with Crippen molar-refractivity contribution in [1.29, 1.82) is 0 Å². The van der Waals surface area contributed by atoms with Crippen LogP contribution >= 0.6 is 0 Å². The first-order valence-corrected chi connectivity index (χ1v) is 7.68. The summed E-state index contributed by atoms with van der Waals surface area (Å²) < 4.78 is 16.5. The number of hydrogen-bond acceptors (Lipinski definition) is 5. The zero-order valence-corrected chi connectivity index (χ0v) is 12.9. The number of carbonyl (C=O) groups excluding carboxylic acids is 1. The van der Waals surface area contributed by atoms with Gasteiger partial charge in [-0.2, -0.15) is 0 Å². The van der Waals surface area contributed by atoms with Crippen molar-refractivity contribution in [2.75, 3.05) is 40.0 Å². The van der Waals surface area contributed by atoms with Crippen LogP contribution in [0, 0.1) is 5.92 Å². The number of likely N-dealkylation sites (tertiary alicyclic amines) is 1. The maximum Gasteiger partial charge on any atom is 0.248 e. The third kappa shape index (κ3) is 3.08. The van der Waals surface area contributed by atoms with Gasteiger partial charge in [0, 0.05) is 26.0 Å². The summed E-state index contributed by atoms with van der Waals surface area (Å²) in [6, 6.07) is 5.63. The molecule has 1 spiro atoms. The highest BCUT2D eigenvalue weighted by molar-refractivity contribution is 5.78. The highest BCUT2D eigenvalue weighted by Gasteiger charge is 2.53. The maximum absolute atomic E-state index is 11.8. The van der Waals surface area contributed by atoms with Crippen molar-refractivity contribution < 1.29 is 19.0 Å². The predicted octanol–water partition coefficient (Wildman–Crippen LogP) is 1.11. The molecule has 2 saturated heterocycles. The largest absolute Gasteiger partial charge is 0.478 e. The van der Waals surface area contributed by atoms with Crippen LogP contribution < -0.4 is 4.74 Å². The Labute approximate surface area is 130 Å². The van der Waals surface area contributed by atoms with Crippen LogP contribution in [-0.4, -0.2) is 61.4 Å². The molecular formula is C16H22N2O4. The number of hydrogen-bond donors (Lipinski definition) is 0. The van der Waals surface area contributed by atoms with Crippen LogP contribution in [0.25, 0.3) is 0 Å². The Morgan fingerprint density at radius 1 is 1.50 bits per heavy atom. The lowest BCUT2D eigenvalue weighted by molar-refractivity contribution is -0.168. The fourth-order valence-electron chi connectivity index (χ4n) is 3.27. The molecule has 2 aliphatic rings. The van der Waals surface area contributed by atoms with Gasteiger partial charge in [0.1, 0.15) is 12.2 Å². The van der Waals surface area contributed by atoms with E-state index in [2.05, 4.69) is 4.98 Å². The summed E-state index contributed by atoms with van der Waals surface area (Å²) in [5, 5.41) is 0. The first-order chi connectivity index (χ1) is 10.7. The van der Waals surface area contributed by atoms with Gasteiger partial charge in [-0.1, -0.05) is 6.07 Å². The van der Waals surface area contributed by atoms with E-state index in [0.29, 0.717) is 31.5 Å². The van der Waals surface area contributed by atoms with Crippen LogP contribution in [0.4, 0.5) is 0 Å². The second-order valence-electron chi connectivity index (χ2n) is 5.89. The van der Waals surface area contributed by atoms with Gasteiger partial charge in [0.25, 0.3) is 0 Å². The van der Waals surface area contributed by atoms with Crippen molar-refractivity contribution in [3.05, 3.63) is 24.4 Å². The minimum atomic E-state index is -0.170. The normalized spacial score (nSPS) is 22.6. The molecule has 120 valence electrons. The van der Waals surface area contributed by atoms with Crippen molar-refractivity contribution >= 4 is 5.91 Å². The van der Waals surface area contributed by atoms with Crippen molar-refractivity contribution in [2.24, 2.45) is 5.92 Å². The number of amides is 1. The van der Waals surface area contributed by atoms with Gasteiger partial charge >= 0.3 is 0 Å². The summed E-state index contributed by atoms with van der Waals surface area (Å²) in [5.74, 6) is 1.12. The van der Waals surface area contributed by atoms with E-state index in [1.165, 1.54) is 7.11 Å². The summed E-state index contributed by atoms with van der Waals surface area (Å²) in [5.41, 5.74) is -0.170. The van der Waals surface area contributed by atoms with Crippen LogP contribution in [0.3, 0.4) is 0 Å². The quantitative estimate of drug-likeness (QED) is 0.788. The van der Waals surface area contributed by atoms with Crippen molar-refractivity contribution in [1.82, 2.24) is 9.88 Å². The van der Waals surface area contributed by atoms with Gasteiger partial charge in [0.05, 0.1) is 19.7 Å². The van der Waals surface area contributed by atoms with Gasteiger partial charge < -0.3 is 19.1 Å². The Balaban J connectivity index is 1.47. The standard InChI is InChI=1S/C16H22N2O4/c1-20-10-15(19)18-11-16(12-18)13(6-9-22-16)5-8-21-14-4-2-3-7-17-14/h2-4,7,13H,5-6,8-12H2,1H3. The van der Waals surface area contributed by atoms with Crippen LogP contribution in [0.5, 0.6) is 5.88 Å². The summed E-state index contributed by atoms with van der Waals surface area (Å²) in [6.07, 6.45) is 3.67. The van der Waals surface area contributed by atoms with Crippen molar-refractivity contribution in [2.45, 2.75) is 18.4 Å². The smallest absolute Gasteiger partial charge is 0.248 e. The molecular weight excluding hydrogens is 284 g/mol. The number of ether oxygens (including phenoxy) is 3. The maximum atomic E-state index is 11.8. The molecule has 0 aromatic carbocycles. The Morgan fingerprint density at radius 2 is 2.36 bits per heavy atom. The van der Waals surface area contributed by atoms with E-state index >= 15 is 0 Å². The molecule has 6 heteroatoms. The minimum Gasteiger partial charge on any atom is -0.478 e. The molecule has 6 nitrogen and oxygen atoms in total. The highest BCUT2D eigenvalue weighted by atomic mass is 16.5. The predicted molar refractivity (Wildman–Crippen MR) is 79.6 cm³/mol. The molecule has 0 N–H and O–H groups in total. The average molecular weight is 306 g/mol. The Morgan fingerprint density at radius 3 is 3.09 bits per heavy atom. The molecule has 22 heavy (non-hydrogen) atoms. The molecule has 0 saturated carbocycles. The highest BCUT2D eigenvalue weighted by Crippen LogP contribution is 2.41. The van der Waals surface area contributed by atoms with Crippen molar-refractivity contribution in [3.8, 4) is 5.88 Å². The molecule has 1 amide bonds. The molecule has 3 heterocycles. The van der Waals surface area contributed by atoms with Gasteiger partial charge in [-0.25, -0.2) is 4.98 Å².